The van der Waals surface area contributed by atoms with Gasteiger partial charge >= 0.3 is 6.18 Å². The van der Waals surface area contributed by atoms with Crippen LogP contribution < -0.4 is 16.0 Å². The van der Waals surface area contributed by atoms with Crippen LogP contribution in [0.5, 0.6) is 0 Å². The lowest BCUT2D eigenvalue weighted by molar-refractivity contribution is -0.384. The Balaban J connectivity index is 2.05. The predicted octanol–water partition coefficient (Wildman–Crippen LogP) is 2.54. The molecule has 27 heavy (non-hydrogen) atoms. The van der Waals surface area contributed by atoms with Crippen LogP contribution in [0.25, 0.3) is 0 Å². The number of nitrogens with one attached hydrogen (secondary N) is 1. The summed E-state index contributed by atoms with van der Waals surface area (Å²) in [6.07, 6.45) is -3.70. The Bertz CT molecular complexity index is 688. The van der Waals surface area contributed by atoms with E-state index in [4.69, 9.17) is 5.73 Å². The molecule has 10 heteroatoms. The Morgan fingerprint density at radius 1 is 1.41 bits per heavy atom. The van der Waals surface area contributed by atoms with Gasteiger partial charge in [0.05, 0.1) is 10.5 Å². The highest BCUT2D eigenvalue weighted by atomic mass is 19.4. The second-order valence-corrected chi connectivity index (χ2v) is 6.81. The molecular weight excluding hydrogens is 365 g/mol. The number of rotatable bonds is 6. The van der Waals surface area contributed by atoms with Crippen LogP contribution in [0, 0.1) is 22.0 Å². The first kappa shape index (κ1) is 20.9. The molecule has 1 saturated heterocycles. The summed E-state index contributed by atoms with van der Waals surface area (Å²) in [5, 5.41) is 14.1. The number of carbonyl (C=O) groups excluding carboxylic acids is 1. The van der Waals surface area contributed by atoms with Gasteiger partial charge < -0.3 is 16.0 Å². The number of alkyl halides is 3. The lowest BCUT2D eigenvalue weighted by atomic mass is 9.95. The minimum atomic E-state index is -4.64. The van der Waals surface area contributed by atoms with Crippen LogP contribution in [0.2, 0.25) is 0 Å². The quantitative estimate of drug-likeness (QED) is 0.576. The minimum absolute atomic E-state index is 0.0862. The molecule has 0 aromatic heterocycles. The Kier molecular flexibility index (Phi) is 6.63. The maximum Gasteiger partial charge on any atom is 0.416 e. The Morgan fingerprint density at radius 3 is 2.56 bits per heavy atom. The zero-order valence-corrected chi connectivity index (χ0v) is 15.0. The number of anilines is 1. The van der Waals surface area contributed by atoms with Crippen LogP contribution in [0.4, 0.5) is 24.5 Å². The molecule has 1 aliphatic rings. The van der Waals surface area contributed by atoms with E-state index in [2.05, 4.69) is 5.32 Å². The van der Waals surface area contributed by atoms with E-state index >= 15 is 0 Å². The third kappa shape index (κ3) is 5.31. The third-order valence-corrected chi connectivity index (χ3v) is 4.73. The average Bonchev–Trinajstić information content (AvgIpc) is 2.64. The van der Waals surface area contributed by atoms with Gasteiger partial charge in [-0.05, 0) is 37.4 Å². The predicted molar refractivity (Wildman–Crippen MR) is 94.3 cm³/mol. The number of halogens is 3. The summed E-state index contributed by atoms with van der Waals surface area (Å²) >= 11 is 0. The highest BCUT2D eigenvalue weighted by molar-refractivity contribution is 5.79. The fourth-order valence-electron chi connectivity index (χ4n) is 3.00. The smallest absolute Gasteiger partial charge is 0.366 e. The van der Waals surface area contributed by atoms with Crippen LogP contribution in [0.1, 0.15) is 25.3 Å². The van der Waals surface area contributed by atoms with Gasteiger partial charge in [-0.3, -0.25) is 14.9 Å². The lowest BCUT2D eigenvalue weighted by Crippen LogP contribution is -2.42. The number of carbonyl (C=O) groups is 1. The molecule has 150 valence electrons. The molecule has 1 aliphatic heterocycles. The van der Waals surface area contributed by atoms with E-state index in [1.807, 2.05) is 6.92 Å². The number of amides is 1. The van der Waals surface area contributed by atoms with Crippen LogP contribution in [-0.2, 0) is 11.0 Å². The first-order valence-corrected chi connectivity index (χ1v) is 8.71. The second-order valence-electron chi connectivity index (χ2n) is 6.81. The van der Waals surface area contributed by atoms with Crippen molar-refractivity contribution < 1.29 is 22.9 Å². The standard InChI is InChI=1S/C17H23F3N4O3/c1-11(9-21)10-22-16(25)12-4-6-23(7-5-12)14-3-2-13(17(18,19)20)8-15(14)24(26)27/h2-3,8,11-12H,4-7,9-10,21H2,1H3,(H,22,25). The first-order valence-electron chi connectivity index (χ1n) is 8.71. The molecule has 0 saturated carbocycles. The normalized spacial score (nSPS) is 16.9. The monoisotopic (exact) mass is 388 g/mol. The summed E-state index contributed by atoms with van der Waals surface area (Å²) in [4.78, 5) is 24.3. The van der Waals surface area contributed by atoms with Crippen molar-refractivity contribution in [3.63, 3.8) is 0 Å². The van der Waals surface area contributed by atoms with Gasteiger partial charge in [-0.25, -0.2) is 0 Å². The van der Waals surface area contributed by atoms with Gasteiger partial charge in [0.15, 0.2) is 0 Å². The molecule has 1 unspecified atom stereocenters. The zero-order valence-electron chi connectivity index (χ0n) is 15.0. The van der Waals surface area contributed by atoms with Gasteiger partial charge in [0.25, 0.3) is 5.69 Å². The minimum Gasteiger partial charge on any atom is -0.366 e. The third-order valence-electron chi connectivity index (χ3n) is 4.73. The van der Waals surface area contributed by atoms with Gasteiger partial charge in [-0.2, -0.15) is 13.2 Å². The number of benzene rings is 1. The fraction of sp³-hybridized carbons (Fsp3) is 0.588. The number of hydrogen-bond donors (Lipinski definition) is 2. The number of hydrogen-bond acceptors (Lipinski definition) is 5. The van der Waals surface area contributed by atoms with Gasteiger partial charge in [0.2, 0.25) is 5.91 Å². The van der Waals surface area contributed by atoms with E-state index < -0.39 is 22.4 Å². The Labute approximate surface area is 154 Å². The van der Waals surface area contributed by atoms with Gasteiger partial charge in [0, 0.05) is 31.6 Å². The first-order chi connectivity index (χ1) is 12.6. The van der Waals surface area contributed by atoms with Crippen molar-refractivity contribution in [2.45, 2.75) is 25.9 Å². The fourth-order valence-corrected chi connectivity index (χ4v) is 3.00. The van der Waals surface area contributed by atoms with Crippen molar-refractivity contribution in [1.82, 2.24) is 5.32 Å². The van der Waals surface area contributed by atoms with Gasteiger partial charge in [-0.1, -0.05) is 6.92 Å². The van der Waals surface area contributed by atoms with E-state index in [0.29, 0.717) is 45.1 Å². The van der Waals surface area contributed by atoms with E-state index in [0.717, 1.165) is 12.1 Å². The van der Waals surface area contributed by atoms with E-state index in [1.165, 1.54) is 0 Å². The maximum atomic E-state index is 12.8. The van der Waals surface area contributed by atoms with Crippen LogP contribution in [0.15, 0.2) is 18.2 Å². The number of nitrogens with two attached hydrogens (primary N) is 1. The summed E-state index contributed by atoms with van der Waals surface area (Å²) in [5.41, 5.74) is 4.02. The van der Waals surface area contributed by atoms with Gasteiger partial charge in [-0.15, -0.1) is 0 Å². The molecule has 1 fully saturated rings. The molecule has 0 bridgehead atoms. The lowest BCUT2D eigenvalue weighted by Gasteiger charge is -2.33. The topological polar surface area (TPSA) is 102 Å². The molecule has 3 N–H and O–H groups in total. The van der Waals surface area contributed by atoms with E-state index in [1.54, 1.807) is 4.90 Å². The molecule has 0 aliphatic carbocycles. The molecular formula is C17H23F3N4O3. The Morgan fingerprint density at radius 2 is 2.04 bits per heavy atom. The molecule has 7 nitrogen and oxygen atoms in total. The van der Waals surface area contributed by atoms with E-state index in [9.17, 15) is 28.1 Å². The van der Waals surface area contributed by atoms with Crippen LogP contribution in [-0.4, -0.2) is 37.0 Å². The van der Waals surface area contributed by atoms with Crippen molar-refractivity contribution >= 4 is 17.3 Å². The van der Waals surface area contributed by atoms with Crippen molar-refractivity contribution in [1.29, 1.82) is 0 Å². The SMILES string of the molecule is CC(CN)CNC(=O)C1CCN(c2ccc(C(F)(F)F)cc2[N+](=O)[O-])CC1. The van der Waals surface area contributed by atoms with Crippen molar-refractivity contribution in [2.75, 3.05) is 31.1 Å². The molecule has 1 aromatic carbocycles. The van der Waals surface area contributed by atoms with Gasteiger partial charge in [0.1, 0.15) is 5.69 Å². The maximum absolute atomic E-state index is 12.8. The zero-order chi connectivity index (χ0) is 20.2. The molecule has 0 spiro atoms. The number of nitro groups is 1. The molecule has 1 amide bonds. The second kappa shape index (κ2) is 8.55. The molecule has 1 heterocycles. The summed E-state index contributed by atoms with van der Waals surface area (Å²) < 4.78 is 38.4. The summed E-state index contributed by atoms with van der Waals surface area (Å²) in [7, 11) is 0. The van der Waals surface area contributed by atoms with Crippen molar-refractivity contribution in [2.24, 2.45) is 17.6 Å². The van der Waals surface area contributed by atoms with Crippen molar-refractivity contribution in [3.05, 3.63) is 33.9 Å². The summed E-state index contributed by atoms with van der Waals surface area (Å²) in [6.45, 7) is 3.59. The van der Waals surface area contributed by atoms with Crippen LogP contribution >= 0.6 is 0 Å². The molecule has 1 aromatic rings. The molecule has 2 rings (SSSR count). The number of piperidine rings is 1. The highest BCUT2D eigenvalue weighted by Gasteiger charge is 2.34. The number of nitro benzene ring substituents is 1. The number of nitrogens with zero attached hydrogens (tertiary/aromatic N) is 2. The molecule has 1 atom stereocenters. The molecule has 0 radical (unpaired) electrons. The summed E-state index contributed by atoms with van der Waals surface area (Å²) in [6, 6.07) is 2.53. The Hall–Kier alpha value is -2.36. The average molecular weight is 388 g/mol. The van der Waals surface area contributed by atoms with Crippen LogP contribution in [0.3, 0.4) is 0 Å². The highest BCUT2D eigenvalue weighted by Crippen LogP contribution is 2.37. The summed E-state index contributed by atoms with van der Waals surface area (Å²) in [5.74, 6) is -0.138. The van der Waals surface area contributed by atoms with E-state index in [-0.39, 0.29) is 23.4 Å². The van der Waals surface area contributed by atoms with Crippen molar-refractivity contribution in [3.8, 4) is 0 Å². The largest absolute Gasteiger partial charge is 0.416 e.